The lowest BCUT2D eigenvalue weighted by atomic mass is 10.3. The zero-order valence-electron chi connectivity index (χ0n) is 10.8. The maximum Gasteiger partial charge on any atom is 0.232 e. The van der Waals surface area contributed by atoms with Crippen LogP contribution in [-0.4, -0.2) is 34.0 Å². The van der Waals surface area contributed by atoms with Gasteiger partial charge >= 0.3 is 0 Å². The van der Waals surface area contributed by atoms with Gasteiger partial charge in [-0.05, 0) is 19.3 Å². The molecule has 0 bridgehead atoms. The van der Waals surface area contributed by atoms with Gasteiger partial charge in [-0.15, -0.1) is 11.3 Å². The molecule has 0 aliphatic carbocycles. The zero-order valence-corrected chi connectivity index (χ0v) is 12.4. The number of thioether (sulfide) groups is 1. The fourth-order valence-corrected chi connectivity index (χ4v) is 3.75. The Labute approximate surface area is 119 Å². The van der Waals surface area contributed by atoms with Gasteiger partial charge in [-0.2, -0.15) is 0 Å². The highest BCUT2D eigenvalue weighted by molar-refractivity contribution is 8.16. The largest absolute Gasteiger partial charge is 0.322 e. The van der Waals surface area contributed by atoms with Crippen molar-refractivity contribution < 1.29 is 4.79 Å². The average molecular weight is 294 g/mol. The molecule has 1 amide bonds. The minimum atomic E-state index is -0.0197. The Bertz CT molecular complexity index is 571. The van der Waals surface area contributed by atoms with Crippen molar-refractivity contribution in [2.45, 2.75) is 20.3 Å². The van der Waals surface area contributed by atoms with Crippen LogP contribution in [0.2, 0.25) is 0 Å². The molecule has 3 rings (SSSR count). The van der Waals surface area contributed by atoms with E-state index >= 15 is 0 Å². The Morgan fingerprint density at radius 1 is 1.53 bits per heavy atom. The number of aliphatic imine (C=N–C) groups is 1. The number of aryl methyl sites for hydroxylation is 2. The summed E-state index contributed by atoms with van der Waals surface area (Å²) < 4.78 is 0. The molecule has 5 nitrogen and oxygen atoms in total. The van der Waals surface area contributed by atoms with E-state index in [9.17, 15) is 4.79 Å². The summed E-state index contributed by atoms with van der Waals surface area (Å²) in [6.45, 7) is 5.67. The molecule has 7 heteroatoms. The molecule has 0 unspecified atom stereocenters. The van der Waals surface area contributed by atoms with E-state index in [0.29, 0.717) is 11.6 Å². The maximum absolute atomic E-state index is 12.0. The van der Waals surface area contributed by atoms with E-state index in [1.54, 1.807) is 11.8 Å². The first kappa shape index (κ1) is 12.7. The lowest BCUT2D eigenvalue weighted by Gasteiger charge is -2.15. The number of nitrogens with zero attached hydrogens (tertiary/aromatic N) is 3. The Balaban J connectivity index is 1.61. The van der Waals surface area contributed by atoms with Crippen molar-refractivity contribution in [2.75, 3.05) is 18.4 Å². The van der Waals surface area contributed by atoms with Crippen molar-refractivity contribution in [3.8, 4) is 0 Å². The van der Waals surface area contributed by atoms with Crippen LogP contribution in [-0.2, 0) is 4.79 Å². The number of carbonyl (C=O) groups excluding carboxylic acids is 1. The van der Waals surface area contributed by atoms with Gasteiger partial charge in [0.1, 0.15) is 0 Å². The van der Waals surface area contributed by atoms with Crippen LogP contribution >= 0.6 is 23.1 Å². The minimum Gasteiger partial charge on any atom is -0.322 e. The number of hydrogen-bond acceptors (Lipinski definition) is 6. The molecule has 0 radical (unpaired) electrons. The molecule has 0 spiro atoms. The number of carbonyl (C=O) groups is 1. The molecule has 1 aromatic heterocycles. The number of anilines is 1. The molecule has 19 heavy (non-hydrogen) atoms. The van der Waals surface area contributed by atoms with Gasteiger partial charge in [0.2, 0.25) is 5.91 Å². The second kappa shape index (κ2) is 4.97. The van der Waals surface area contributed by atoms with E-state index < -0.39 is 0 Å². The highest BCUT2D eigenvalue weighted by atomic mass is 32.2. The fraction of sp³-hybridized carbons (Fsp3) is 0.417. The molecule has 1 aromatic rings. The molecular formula is C12H14N4OS2. The van der Waals surface area contributed by atoms with Crippen LogP contribution in [0.3, 0.4) is 0 Å². The second-order valence-electron chi connectivity index (χ2n) is 4.43. The average Bonchev–Trinajstić information content (AvgIpc) is 2.99. The van der Waals surface area contributed by atoms with E-state index in [1.165, 1.54) is 11.3 Å². The van der Waals surface area contributed by atoms with Crippen LogP contribution in [0, 0.1) is 13.8 Å². The molecular weight excluding hydrogens is 280 g/mol. The smallest absolute Gasteiger partial charge is 0.232 e. The van der Waals surface area contributed by atoms with Crippen LogP contribution in [0.4, 0.5) is 5.13 Å². The maximum atomic E-state index is 12.0. The number of amides is 1. The summed E-state index contributed by atoms with van der Waals surface area (Å²) >= 11 is 3.11. The van der Waals surface area contributed by atoms with Gasteiger partial charge in [0.15, 0.2) is 10.3 Å². The molecule has 100 valence electrons. The third kappa shape index (κ3) is 2.52. The second-order valence-corrected chi connectivity index (χ2v) is 6.47. The fourth-order valence-electron chi connectivity index (χ4n) is 1.97. The van der Waals surface area contributed by atoms with Crippen molar-refractivity contribution in [3.05, 3.63) is 21.7 Å². The summed E-state index contributed by atoms with van der Waals surface area (Å²) in [6.07, 6.45) is 0.379. The summed E-state index contributed by atoms with van der Waals surface area (Å²) in [5, 5.41) is 6.57. The van der Waals surface area contributed by atoms with Crippen molar-refractivity contribution >= 4 is 39.3 Å². The quantitative estimate of drug-likeness (QED) is 0.929. The molecule has 3 heterocycles. The zero-order chi connectivity index (χ0) is 13.4. The first-order valence-corrected chi connectivity index (χ1v) is 7.74. The van der Waals surface area contributed by atoms with Gasteiger partial charge in [0.05, 0.1) is 18.7 Å². The number of hydrogen-bond donors (Lipinski definition) is 1. The minimum absolute atomic E-state index is 0.0197. The Hall–Kier alpha value is -1.34. The lowest BCUT2D eigenvalue weighted by molar-refractivity contribution is -0.115. The monoisotopic (exact) mass is 294 g/mol. The molecule has 0 fully saturated rings. The normalized spacial score (nSPS) is 17.3. The van der Waals surface area contributed by atoms with Crippen LogP contribution in [0.15, 0.2) is 16.1 Å². The third-order valence-electron chi connectivity index (χ3n) is 3.07. The predicted molar refractivity (Wildman–Crippen MR) is 79.5 cm³/mol. The van der Waals surface area contributed by atoms with Gasteiger partial charge < -0.3 is 10.2 Å². The van der Waals surface area contributed by atoms with Crippen molar-refractivity contribution in [3.63, 3.8) is 0 Å². The van der Waals surface area contributed by atoms with Crippen LogP contribution in [0.25, 0.3) is 0 Å². The van der Waals surface area contributed by atoms with Crippen LogP contribution < -0.4 is 5.32 Å². The highest BCUT2D eigenvalue weighted by Gasteiger charge is 2.27. The third-order valence-corrected chi connectivity index (χ3v) is 5.00. The van der Waals surface area contributed by atoms with Gasteiger partial charge in [-0.1, -0.05) is 11.8 Å². The van der Waals surface area contributed by atoms with E-state index in [1.807, 2.05) is 19.3 Å². The van der Waals surface area contributed by atoms with Crippen LogP contribution in [0.5, 0.6) is 0 Å². The Morgan fingerprint density at radius 3 is 3.11 bits per heavy atom. The molecule has 0 atom stereocenters. The summed E-state index contributed by atoms with van der Waals surface area (Å²) in [7, 11) is 0. The molecule has 1 N–H and O–H groups in total. The van der Waals surface area contributed by atoms with Crippen LogP contribution in [0.1, 0.15) is 17.0 Å². The van der Waals surface area contributed by atoms with E-state index in [0.717, 1.165) is 34.5 Å². The number of rotatable bonds is 3. The summed E-state index contributed by atoms with van der Waals surface area (Å²) in [5.41, 5.74) is 2.01. The molecule has 0 saturated carbocycles. The predicted octanol–water partition coefficient (Wildman–Crippen LogP) is 2.35. The number of aromatic nitrogens is 1. The summed E-state index contributed by atoms with van der Waals surface area (Å²) in [6, 6.07) is 0. The number of thiazole rings is 1. The van der Waals surface area contributed by atoms with Crippen molar-refractivity contribution in [1.82, 2.24) is 9.88 Å². The lowest BCUT2D eigenvalue weighted by Crippen LogP contribution is -2.24. The topological polar surface area (TPSA) is 57.6 Å². The standard InChI is InChI=1S/C12H14N4OS2/c1-7-8(2)19-11(14-7)15-10(17)5-9-6-18-12-13-3-4-16(9)12/h6H,3-5H2,1-2H3,(H,14,15,17). The highest BCUT2D eigenvalue weighted by Crippen LogP contribution is 2.31. The molecule has 0 aromatic carbocycles. The molecule has 0 saturated heterocycles. The number of amidine groups is 1. The van der Waals surface area contributed by atoms with E-state index in [2.05, 4.69) is 20.2 Å². The first-order chi connectivity index (χ1) is 9.13. The molecule has 2 aliphatic heterocycles. The Kier molecular flexibility index (Phi) is 3.32. The van der Waals surface area contributed by atoms with Gasteiger partial charge in [0, 0.05) is 17.1 Å². The summed E-state index contributed by atoms with van der Waals surface area (Å²) in [4.78, 5) is 24.0. The van der Waals surface area contributed by atoms with Crippen molar-refractivity contribution in [2.24, 2.45) is 4.99 Å². The van der Waals surface area contributed by atoms with Crippen molar-refractivity contribution in [1.29, 1.82) is 0 Å². The van der Waals surface area contributed by atoms with Gasteiger partial charge in [-0.25, -0.2) is 4.98 Å². The number of nitrogens with one attached hydrogen (secondary N) is 1. The van der Waals surface area contributed by atoms with Gasteiger partial charge in [0.25, 0.3) is 0 Å². The first-order valence-electron chi connectivity index (χ1n) is 6.05. The Morgan fingerprint density at radius 2 is 2.37 bits per heavy atom. The summed E-state index contributed by atoms with van der Waals surface area (Å²) in [5.74, 6) is -0.0197. The molecule has 2 aliphatic rings. The van der Waals surface area contributed by atoms with E-state index in [4.69, 9.17) is 0 Å². The SMILES string of the molecule is Cc1nc(NC(=O)CC2=CSC3=NCCN23)sc1C. The van der Waals surface area contributed by atoms with Gasteiger partial charge in [-0.3, -0.25) is 9.79 Å². The van der Waals surface area contributed by atoms with E-state index in [-0.39, 0.29) is 5.91 Å². The number of fused-ring (bicyclic) bond motifs is 1.